The molecule has 6 nitrogen and oxygen atoms in total. The number of nitrogens with zero attached hydrogens (tertiary/aromatic N) is 3. The summed E-state index contributed by atoms with van der Waals surface area (Å²) in [6.07, 6.45) is 0. The number of nitrogens with one attached hydrogen (secondary N) is 1. The van der Waals surface area contributed by atoms with E-state index in [1.165, 1.54) is 11.8 Å². The van der Waals surface area contributed by atoms with Crippen molar-refractivity contribution in [2.24, 2.45) is 15.9 Å². The van der Waals surface area contributed by atoms with E-state index in [1.807, 2.05) is 62.4 Å². The normalized spacial score (nSPS) is 17.6. The number of para-hydroxylation sites is 1. The first-order valence-electron chi connectivity index (χ1n) is 9.22. The highest BCUT2D eigenvalue weighted by molar-refractivity contribution is 9.10. The number of carbonyl (C=O) groups excluding carboxylic acids is 2. The van der Waals surface area contributed by atoms with Gasteiger partial charge in [0.05, 0.1) is 11.4 Å². The van der Waals surface area contributed by atoms with E-state index in [0.29, 0.717) is 16.7 Å². The standard InChI is InChI=1S/C21H19BrN4O2S/c1-12(2)18-20(28)26-19(25-18)15-5-3-4-6-16(15)24-21(26)29-11-17(27)23-14-9-7-13(22)8-10-14/h3-10,12,18H,11H2,1-2H3,(H,23,27). The van der Waals surface area contributed by atoms with Crippen LogP contribution in [0, 0.1) is 5.92 Å². The molecule has 0 saturated heterocycles. The van der Waals surface area contributed by atoms with Crippen LogP contribution in [-0.2, 0) is 9.59 Å². The zero-order valence-corrected chi connectivity index (χ0v) is 18.3. The van der Waals surface area contributed by atoms with Crippen LogP contribution in [-0.4, -0.2) is 39.5 Å². The van der Waals surface area contributed by atoms with Crippen molar-refractivity contribution >= 4 is 61.9 Å². The van der Waals surface area contributed by atoms with Crippen LogP contribution in [0.15, 0.2) is 63.0 Å². The molecule has 2 aromatic rings. The van der Waals surface area contributed by atoms with E-state index >= 15 is 0 Å². The monoisotopic (exact) mass is 470 g/mol. The van der Waals surface area contributed by atoms with E-state index in [0.717, 1.165) is 15.7 Å². The van der Waals surface area contributed by atoms with Gasteiger partial charge in [-0.1, -0.05) is 53.7 Å². The summed E-state index contributed by atoms with van der Waals surface area (Å²) in [5.41, 5.74) is 2.32. The van der Waals surface area contributed by atoms with E-state index in [9.17, 15) is 9.59 Å². The van der Waals surface area contributed by atoms with Crippen molar-refractivity contribution in [2.45, 2.75) is 19.9 Å². The number of benzene rings is 2. The molecule has 0 radical (unpaired) electrons. The van der Waals surface area contributed by atoms with Gasteiger partial charge in [0.15, 0.2) is 5.17 Å². The van der Waals surface area contributed by atoms with Crippen molar-refractivity contribution in [3.63, 3.8) is 0 Å². The van der Waals surface area contributed by atoms with E-state index < -0.39 is 6.04 Å². The molecule has 2 amide bonds. The molecule has 0 aliphatic carbocycles. The zero-order valence-electron chi connectivity index (χ0n) is 15.9. The predicted octanol–water partition coefficient (Wildman–Crippen LogP) is 4.44. The highest BCUT2D eigenvalue weighted by atomic mass is 79.9. The second kappa shape index (κ2) is 8.12. The predicted molar refractivity (Wildman–Crippen MR) is 121 cm³/mol. The summed E-state index contributed by atoms with van der Waals surface area (Å²) in [4.78, 5) is 36.3. The number of halogens is 1. The number of hydrogen-bond acceptors (Lipinski definition) is 5. The lowest BCUT2D eigenvalue weighted by molar-refractivity contribution is -0.125. The maximum atomic E-state index is 13.0. The minimum absolute atomic E-state index is 0.0831. The molecule has 2 heterocycles. The first-order chi connectivity index (χ1) is 13.9. The molecule has 1 atom stereocenters. The third-order valence-corrected chi connectivity index (χ3v) is 6.06. The first-order valence-corrected chi connectivity index (χ1v) is 11.0. The number of amidine groups is 2. The number of rotatable bonds is 4. The van der Waals surface area contributed by atoms with Crippen LogP contribution in [0.25, 0.3) is 0 Å². The van der Waals surface area contributed by atoms with Gasteiger partial charge in [0, 0.05) is 15.7 Å². The van der Waals surface area contributed by atoms with Crippen LogP contribution in [0.1, 0.15) is 19.4 Å². The smallest absolute Gasteiger partial charge is 0.259 e. The molecular weight excluding hydrogens is 452 g/mol. The van der Waals surface area contributed by atoms with E-state index in [2.05, 4.69) is 31.2 Å². The minimum atomic E-state index is -0.432. The van der Waals surface area contributed by atoms with Crippen LogP contribution in [0.2, 0.25) is 0 Å². The fourth-order valence-corrected chi connectivity index (χ4v) is 4.23. The first kappa shape index (κ1) is 19.8. The Morgan fingerprint density at radius 3 is 2.66 bits per heavy atom. The third-order valence-electron chi connectivity index (χ3n) is 4.59. The molecule has 4 rings (SSSR count). The van der Waals surface area contributed by atoms with Crippen molar-refractivity contribution in [1.82, 2.24) is 4.90 Å². The van der Waals surface area contributed by atoms with Crippen molar-refractivity contribution in [3.8, 4) is 0 Å². The van der Waals surface area contributed by atoms with Gasteiger partial charge >= 0.3 is 0 Å². The van der Waals surface area contributed by atoms with Gasteiger partial charge in [0.2, 0.25) is 5.91 Å². The molecule has 2 aromatic carbocycles. The Hall–Kier alpha value is -2.45. The molecular formula is C21H19BrN4O2S. The average Bonchev–Trinajstić information content (AvgIpc) is 3.06. The zero-order chi connectivity index (χ0) is 20.5. The lowest BCUT2D eigenvalue weighted by Crippen LogP contribution is -2.42. The topological polar surface area (TPSA) is 74.1 Å². The van der Waals surface area contributed by atoms with Gasteiger partial charge in [0.25, 0.3) is 5.91 Å². The molecule has 0 fully saturated rings. The lowest BCUT2D eigenvalue weighted by atomic mass is 10.1. The van der Waals surface area contributed by atoms with Gasteiger partial charge in [-0.25, -0.2) is 9.89 Å². The molecule has 2 aliphatic rings. The summed E-state index contributed by atoms with van der Waals surface area (Å²) in [5.74, 6) is 0.587. The summed E-state index contributed by atoms with van der Waals surface area (Å²) in [6.45, 7) is 3.96. The highest BCUT2D eigenvalue weighted by Gasteiger charge is 2.42. The van der Waals surface area contributed by atoms with Gasteiger partial charge in [0.1, 0.15) is 11.9 Å². The van der Waals surface area contributed by atoms with Gasteiger partial charge < -0.3 is 5.32 Å². The molecule has 0 spiro atoms. The molecule has 0 saturated carbocycles. The molecule has 1 unspecified atom stereocenters. The van der Waals surface area contributed by atoms with Crippen LogP contribution < -0.4 is 5.32 Å². The van der Waals surface area contributed by atoms with Crippen LogP contribution in [0.5, 0.6) is 0 Å². The van der Waals surface area contributed by atoms with Crippen LogP contribution >= 0.6 is 27.7 Å². The number of amides is 2. The van der Waals surface area contributed by atoms with Crippen LogP contribution in [0.4, 0.5) is 11.4 Å². The second-order valence-corrected chi connectivity index (χ2v) is 8.93. The number of thioether (sulfide) groups is 1. The number of anilines is 1. The van der Waals surface area contributed by atoms with Gasteiger partial charge in [-0.05, 0) is 42.3 Å². The Balaban J connectivity index is 1.54. The molecule has 0 aromatic heterocycles. The summed E-state index contributed by atoms with van der Waals surface area (Å²) in [5, 5.41) is 3.34. The Morgan fingerprint density at radius 1 is 1.21 bits per heavy atom. The fraction of sp³-hybridized carbons (Fsp3) is 0.238. The number of aliphatic imine (C=N–C) groups is 2. The largest absolute Gasteiger partial charge is 0.325 e. The van der Waals surface area contributed by atoms with Crippen molar-refractivity contribution in [3.05, 3.63) is 58.6 Å². The summed E-state index contributed by atoms with van der Waals surface area (Å²) >= 11 is 4.61. The van der Waals surface area contributed by atoms with Crippen molar-refractivity contribution < 1.29 is 9.59 Å². The average molecular weight is 471 g/mol. The second-order valence-electron chi connectivity index (χ2n) is 7.07. The molecule has 29 heavy (non-hydrogen) atoms. The third kappa shape index (κ3) is 4.00. The lowest BCUT2D eigenvalue weighted by Gasteiger charge is -2.25. The van der Waals surface area contributed by atoms with Gasteiger partial charge in [-0.2, -0.15) is 0 Å². The SMILES string of the molecule is CC(C)C1N=C2c3ccccc3N=C(SCC(=O)Nc3ccc(Br)cc3)N2C1=O. The van der Waals surface area contributed by atoms with E-state index in [4.69, 9.17) is 0 Å². The molecule has 8 heteroatoms. The Labute approximate surface area is 181 Å². The minimum Gasteiger partial charge on any atom is -0.325 e. The number of hydrogen-bond donors (Lipinski definition) is 1. The molecule has 0 bridgehead atoms. The van der Waals surface area contributed by atoms with E-state index in [1.54, 1.807) is 4.90 Å². The summed E-state index contributed by atoms with van der Waals surface area (Å²) in [7, 11) is 0. The summed E-state index contributed by atoms with van der Waals surface area (Å²) < 4.78 is 0.944. The fourth-order valence-electron chi connectivity index (χ4n) is 3.16. The van der Waals surface area contributed by atoms with Crippen LogP contribution in [0.3, 0.4) is 0 Å². The maximum Gasteiger partial charge on any atom is 0.259 e. The number of fused-ring (bicyclic) bond motifs is 3. The van der Waals surface area contributed by atoms with Gasteiger partial charge in [-0.3, -0.25) is 14.6 Å². The Bertz CT molecular complexity index is 1030. The maximum absolute atomic E-state index is 13.0. The molecule has 1 N–H and O–H groups in total. The van der Waals surface area contributed by atoms with Gasteiger partial charge in [-0.15, -0.1) is 0 Å². The Kier molecular flexibility index (Phi) is 5.56. The van der Waals surface area contributed by atoms with E-state index in [-0.39, 0.29) is 23.5 Å². The quantitative estimate of drug-likeness (QED) is 0.717. The molecule has 148 valence electrons. The highest BCUT2D eigenvalue weighted by Crippen LogP contribution is 2.34. The van der Waals surface area contributed by atoms with Crippen molar-refractivity contribution in [2.75, 3.05) is 11.1 Å². The summed E-state index contributed by atoms with van der Waals surface area (Å²) in [6, 6.07) is 14.6. The Morgan fingerprint density at radius 2 is 1.93 bits per heavy atom. The molecule has 2 aliphatic heterocycles. The van der Waals surface area contributed by atoms with Crippen molar-refractivity contribution in [1.29, 1.82) is 0 Å². The number of carbonyl (C=O) groups is 2.